The standard InChI is InChI=1S/C30H39BrN2O7/c1-4-6-7-10-18-39-29(37)23-24-27(35)33(16-8-9-17-34)26(30(24)19-22(31)25(23)40-30)28(36)32(15-5-2)20-11-13-21(38-3)14-12-20/h4-5,11-14,22-26,34H,1-2,6-10,15-19H2,3H3/t22?,23-,24+,25-,26?,30?/m1/s1. The van der Waals surface area contributed by atoms with Gasteiger partial charge in [-0.05, 0) is 62.8 Å². The second-order valence-electron chi connectivity index (χ2n) is 10.5. The SMILES string of the molecule is C=CCCCCOC(=O)[C@H]1[C@@H]2OC3(CC2Br)C(C(=O)N(CC=C)c2ccc(OC)cc2)N(CCCCO)C(=O)[C@H]13. The lowest BCUT2D eigenvalue weighted by Crippen LogP contribution is -2.57. The average molecular weight is 620 g/mol. The normalized spacial score (nSPS) is 28.3. The Labute approximate surface area is 244 Å². The second-order valence-corrected chi connectivity index (χ2v) is 11.7. The van der Waals surface area contributed by atoms with E-state index in [9.17, 15) is 19.5 Å². The number of methoxy groups -OCH3 is 1. The largest absolute Gasteiger partial charge is 0.497 e. The van der Waals surface area contributed by atoms with Crippen LogP contribution in [-0.4, -0.2) is 83.8 Å². The number of allylic oxidation sites excluding steroid dienone is 1. The third kappa shape index (κ3) is 5.58. The molecular formula is C30H39BrN2O7. The van der Waals surface area contributed by atoms with Crippen molar-refractivity contribution in [1.29, 1.82) is 0 Å². The Bertz CT molecular complexity index is 1100. The van der Waals surface area contributed by atoms with Crippen LogP contribution in [0.1, 0.15) is 38.5 Å². The molecule has 4 rings (SSSR count). The number of anilines is 1. The van der Waals surface area contributed by atoms with Crippen molar-refractivity contribution >= 4 is 39.4 Å². The van der Waals surface area contributed by atoms with Gasteiger partial charge in [0.25, 0.3) is 5.91 Å². The van der Waals surface area contributed by atoms with E-state index in [4.69, 9.17) is 14.2 Å². The van der Waals surface area contributed by atoms with Gasteiger partial charge in [0.05, 0.1) is 31.7 Å². The minimum atomic E-state index is -1.18. The molecule has 3 unspecified atom stereocenters. The van der Waals surface area contributed by atoms with Crippen LogP contribution in [0.4, 0.5) is 5.69 Å². The fourth-order valence-corrected chi connectivity index (χ4v) is 7.28. The Morgan fingerprint density at radius 2 is 1.95 bits per heavy atom. The number of hydrogen-bond acceptors (Lipinski definition) is 7. The number of unbranched alkanes of at least 4 members (excludes halogenated alkanes) is 3. The van der Waals surface area contributed by atoms with Gasteiger partial charge in [-0.1, -0.05) is 28.1 Å². The summed E-state index contributed by atoms with van der Waals surface area (Å²) in [6.45, 7) is 8.27. The summed E-state index contributed by atoms with van der Waals surface area (Å²) in [5.41, 5.74) is -0.545. The number of fused-ring (bicyclic) bond motifs is 1. The summed E-state index contributed by atoms with van der Waals surface area (Å²) in [7, 11) is 1.57. The molecule has 3 aliphatic heterocycles. The molecule has 1 N–H and O–H groups in total. The van der Waals surface area contributed by atoms with Crippen molar-refractivity contribution in [1.82, 2.24) is 4.90 Å². The van der Waals surface area contributed by atoms with Crippen molar-refractivity contribution in [2.45, 2.75) is 61.1 Å². The first-order valence-electron chi connectivity index (χ1n) is 13.9. The number of ether oxygens (including phenoxy) is 3. The molecule has 0 aliphatic carbocycles. The van der Waals surface area contributed by atoms with Crippen LogP contribution in [0.15, 0.2) is 49.6 Å². The summed E-state index contributed by atoms with van der Waals surface area (Å²) in [5, 5.41) is 9.38. The molecule has 0 saturated carbocycles. The predicted molar refractivity (Wildman–Crippen MR) is 154 cm³/mol. The van der Waals surface area contributed by atoms with Crippen molar-refractivity contribution < 1.29 is 33.7 Å². The van der Waals surface area contributed by atoms with Crippen LogP contribution in [0.2, 0.25) is 0 Å². The van der Waals surface area contributed by atoms with Crippen LogP contribution >= 0.6 is 15.9 Å². The molecule has 6 atom stereocenters. The molecule has 3 heterocycles. The monoisotopic (exact) mass is 618 g/mol. The van der Waals surface area contributed by atoms with E-state index >= 15 is 0 Å². The van der Waals surface area contributed by atoms with Crippen LogP contribution in [0.25, 0.3) is 0 Å². The topological polar surface area (TPSA) is 106 Å². The fourth-order valence-electron chi connectivity index (χ4n) is 6.33. The van der Waals surface area contributed by atoms with Gasteiger partial charge in [0, 0.05) is 30.2 Å². The van der Waals surface area contributed by atoms with Gasteiger partial charge in [-0.3, -0.25) is 14.4 Å². The molecule has 9 nitrogen and oxygen atoms in total. The molecule has 1 spiro atoms. The first kappa shape index (κ1) is 30.3. The number of amides is 2. The molecular weight excluding hydrogens is 580 g/mol. The highest BCUT2D eigenvalue weighted by molar-refractivity contribution is 9.09. The number of halogens is 1. The molecule has 218 valence electrons. The number of alkyl halides is 1. The number of carbonyl (C=O) groups is 3. The Morgan fingerprint density at radius 1 is 1.20 bits per heavy atom. The molecule has 2 amide bonds. The Kier molecular flexibility index (Phi) is 10.1. The van der Waals surface area contributed by atoms with Crippen LogP contribution in [-0.2, 0) is 23.9 Å². The van der Waals surface area contributed by atoms with Gasteiger partial charge >= 0.3 is 5.97 Å². The first-order valence-corrected chi connectivity index (χ1v) is 14.8. The zero-order valence-electron chi connectivity index (χ0n) is 23.0. The molecule has 1 aromatic rings. The third-order valence-corrected chi connectivity index (χ3v) is 8.96. The summed E-state index contributed by atoms with van der Waals surface area (Å²) in [4.78, 5) is 44.8. The minimum absolute atomic E-state index is 0.0213. The Balaban J connectivity index is 1.67. The lowest BCUT2D eigenvalue weighted by molar-refractivity contribution is -0.155. The molecule has 2 bridgehead atoms. The molecule has 0 radical (unpaired) electrons. The number of hydrogen-bond donors (Lipinski definition) is 1. The molecule has 10 heteroatoms. The predicted octanol–water partition coefficient (Wildman–Crippen LogP) is 3.63. The third-order valence-electron chi connectivity index (χ3n) is 8.11. The highest BCUT2D eigenvalue weighted by Crippen LogP contribution is 2.60. The average Bonchev–Trinajstić information content (AvgIpc) is 3.55. The zero-order valence-corrected chi connectivity index (χ0v) is 24.6. The maximum absolute atomic E-state index is 14.4. The second kappa shape index (κ2) is 13.3. The van der Waals surface area contributed by atoms with Gasteiger partial charge in [0.1, 0.15) is 17.4 Å². The van der Waals surface area contributed by atoms with E-state index in [1.54, 1.807) is 47.3 Å². The molecule has 3 aliphatic rings. The summed E-state index contributed by atoms with van der Waals surface area (Å²) < 4.78 is 17.5. The van der Waals surface area contributed by atoms with E-state index in [0.717, 1.165) is 12.8 Å². The number of rotatable bonds is 15. The van der Waals surface area contributed by atoms with Crippen molar-refractivity contribution in [3.63, 3.8) is 0 Å². The molecule has 0 aromatic heterocycles. The van der Waals surface area contributed by atoms with Crippen LogP contribution in [0, 0.1) is 11.8 Å². The zero-order chi connectivity index (χ0) is 28.9. The van der Waals surface area contributed by atoms with E-state index in [2.05, 4.69) is 29.1 Å². The molecule has 3 saturated heterocycles. The minimum Gasteiger partial charge on any atom is -0.497 e. The van der Waals surface area contributed by atoms with Crippen LogP contribution in [0.5, 0.6) is 5.75 Å². The van der Waals surface area contributed by atoms with Crippen LogP contribution in [0.3, 0.4) is 0 Å². The number of aliphatic hydroxyl groups excluding tert-OH is 1. The van der Waals surface area contributed by atoms with Gasteiger partial charge in [0.2, 0.25) is 5.91 Å². The molecule has 3 fully saturated rings. The highest BCUT2D eigenvalue weighted by atomic mass is 79.9. The molecule has 40 heavy (non-hydrogen) atoms. The lowest BCUT2D eigenvalue weighted by atomic mass is 9.70. The van der Waals surface area contributed by atoms with E-state index in [0.29, 0.717) is 37.1 Å². The smallest absolute Gasteiger partial charge is 0.312 e. The Morgan fingerprint density at radius 3 is 2.60 bits per heavy atom. The van der Waals surface area contributed by atoms with E-state index in [1.165, 1.54) is 0 Å². The summed E-state index contributed by atoms with van der Waals surface area (Å²) in [6, 6.07) is 6.17. The van der Waals surface area contributed by atoms with E-state index in [-0.39, 0.29) is 42.9 Å². The van der Waals surface area contributed by atoms with E-state index < -0.39 is 35.6 Å². The number of benzene rings is 1. The number of nitrogens with zero attached hydrogens (tertiary/aromatic N) is 2. The van der Waals surface area contributed by atoms with Crippen molar-refractivity contribution in [2.24, 2.45) is 11.8 Å². The van der Waals surface area contributed by atoms with Gasteiger partial charge in [-0.2, -0.15) is 0 Å². The summed E-state index contributed by atoms with van der Waals surface area (Å²) >= 11 is 3.68. The summed E-state index contributed by atoms with van der Waals surface area (Å²) in [6.07, 6.45) is 6.69. The maximum Gasteiger partial charge on any atom is 0.312 e. The number of carbonyl (C=O) groups excluding carboxylic acids is 3. The molecule has 1 aromatic carbocycles. The van der Waals surface area contributed by atoms with Gasteiger partial charge < -0.3 is 29.1 Å². The van der Waals surface area contributed by atoms with Crippen molar-refractivity contribution in [2.75, 3.05) is 38.3 Å². The van der Waals surface area contributed by atoms with E-state index in [1.807, 2.05) is 6.08 Å². The quantitative estimate of drug-likeness (QED) is 0.138. The van der Waals surface area contributed by atoms with Gasteiger partial charge in [-0.25, -0.2) is 0 Å². The van der Waals surface area contributed by atoms with Gasteiger partial charge in [-0.15, -0.1) is 13.2 Å². The first-order chi connectivity index (χ1) is 19.3. The fraction of sp³-hybridized carbons (Fsp3) is 0.567. The van der Waals surface area contributed by atoms with Crippen molar-refractivity contribution in [3.05, 3.63) is 49.6 Å². The number of aliphatic hydroxyl groups is 1. The number of likely N-dealkylation sites (tertiary alicyclic amines) is 1. The summed E-state index contributed by atoms with van der Waals surface area (Å²) in [5.74, 6) is -2.02. The Hall–Kier alpha value is -2.69. The number of esters is 1. The van der Waals surface area contributed by atoms with Gasteiger partial charge in [0.15, 0.2) is 0 Å². The maximum atomic E-state index is 14.4. The lowest BCUT2D eigenvalue weighted by Gasteiger charge is -2.37. The highest BCUT2D eigenvalue weighted by Gasteiger charge is 2.77. The van der Waals surface area contributed by atoms with Crippen LogP contribution < -0.4 is 9.64 Å². The van der Waals surface area contributed by atoms with Crippen molar-refractivity contribution in [3.8, 4) is 5.75 Å².